The van der Waals surface area contributed by atoms with Gasteiger partial charge < -0.3 is 19.5 Å². The number of carbonyl (C=O) groups excluding carboxylic acids is 1. The van der Waals surface area contributed by atoms with Crippen molar-refractivity contribution in [3.8, 4) is 11.1 Å². The van der Waals surface area contributed by atoms with E-state index in [9.17, 15) is 9.59 Å². The van der Waals surface area contributed by atoms with Crippen LogP contribution < -0.4 is 0 Å². The average Bonchev–Trinajstić information content (AvgIpc) is 3.29. The van der Waals surface area contributed by atoms with Crippen LogP contribution in [-0.2, 0) is 14.3 Å². The fourth-order valence-electron chi connectivity index (χ4n) is 4.21. The third-order valence-electron chi connectivity index (χ3n) is 5.48. The molecule has 0 saturated carbocycles. The van der Waals surface area contributed by atoms with Crippen LogP contribution in [0, 0.1) is 0 Å². The normalized spacial score (nSPS) is 18.0. The van der Waals surface area contributed by atoms with E-state index in [1.54, 1.807) is 4.90 Å². The van der Waals surface area contributed by atoms with Crippen LogP contribution in [0.15, 0.2) is 48.5 Å². The van der Waals surface area contributed by atoms with Crippen LogP contribution in [0.5, 0.6) is 0 Å². The van der Waals surface area contributed by atoms with Gasteiger partial charge >= 0.3 is 12.1 Å². The number of carbonyl (C=O) groups is 2. The number of aliphatic carboxylic acids is 1. The molecule has 0 spiro atoms. The van der Waals surface area contributed by atoms with E-state index in [1.165, 1.54) is 22.3 Å². The highest BCUT2D eigenvalue weighted by molar-refractivity contribution is 5.79. The van der Waals surface area contributed by atoms with Gasteiger partial charge in [0.15, 0.2) is 0 Å². The van der Waals surface area contributed by atoms with Gasteiger partial charge in [-0.15, -0.1) is 0 Å². The van der Waals surface area contributed by atoms with Gasteiger partial charge in [-0.3, -0.25) is 0 Å². The molecule has 4 rings (SSSR count). The second-order valence-corrected chi connectivity index (χ2v) is 7.20. The smallest absolute Gasteiger partial charge is 0.410 e. The van der Waals surface area contributed by atoms with Crippen LogP contribution in [0.4, 0.5) is 4.79 Å². The molecule has 2 aliphatic rings. The maximum absolute atomic E-state index is 12.7. The van der Waals surface area contributed by atoms with Gasteiger partial charge in [-0.25, -0.2) is 9.59 Å². The minimum Gasteiger partial charge on any atom is -0.480 e. The summed E-state index contributed by atoms with van der Waals surface area (Å²) in [5, 5.41) is 8.70. The number of carboxylic acids is 1. The molecule has 1 N–H and O–H groups in total. The van der Waals surface area contributed by atoms with Crippen LogP contribution in [0.2, 0.25) is 0 Å². The lowest BCUT2D eigenvalue weighted by Gasteiger charge is -2.24. The maximum Gasteiger partial charge on any atom is 0.410 e. The predicted molar refractivity (Wildman–Crippen MR) is 103 cm³/mol. The third-order valence-corrected chi connectivity index (χ3v) is 5.48. The summed E-state index contributed by atoms with van der Waals surface area (Å²) in [6, 6.07) is 16.3. The highest BCUT2D eigenvalue weighted by Gasteiger charge is 2.33. The van der Waals surface area contributed by atoms with Crippen molar-refractivity contribution in [2.24, 2.45) is 0 Å². The lowest BCUT2D eigenvalue weighted by Crippen LogP contribution is -2.39. The Kier molecular flexibility index (Phi) is 5.30. The van der Waals surface area contributed by atoms with Crippen molar-refractivity contribution in [3.05, 3.63) is 59.7 Å². The Labute approximate surface area is 163 Å². The van der Waals surface area contributed by atoms with E-state index in [2.05, 4.69) is 24.3 Å². The molecule has 6 nitrogen and oxygen atoms in total. The third kappa shape index (κ3) is 3.60. The first-order valence-electron chi connectivity index (χ1n) is 9.56. The first-order valence-corrected chi connectivity index (χ1v) is 9.56. The van der Waals surface area contributed by atoms with E-state index in [0.29, 0.717) is 6.54 Å². The quantitative estimate of drug-likeness (QED) is 0.829. The Hall–Kier alpha value is -2.86. The van der Waals surface area contributed by atoms with Gasteiger partial charge in [-0.2, -0.15) is 0 Å². The number of likely N-dealkylation sites (tertiary alicyclic amines) is 1. The van der Waals surface area contributed by atoms with Crippen molar-refractivity contribution in [2.45, 2.75) is 24.8 Å². The minimum absolute atomic E-state index is 0.0284. The van der Waals surface area contributed by atoms with Gasteiger partial charge in [0.2, 0.25) is 0 Å². The summed E-state index contributed by atoms with van der Waals surface area (Å²) in [6.45, 7) is 0.759. The first-order chi connectivity index (χ1) is 13.6. The molecule has 1 saturated heterocycles. The average molecular weight is 381 g/mol. The van der Waals surface area contributed by atoms with Gasteiger partial charge in [0.25, 0.3) is 0 Å². The molecule has 1 aliphatic carbocycles. The van der Waals surface area contributed by atoms with Crippen LogP contribution >= 0.6 is 0 Å². The SMILES string of the molecule is O=C(O)COC[C@@H]1CCCN1C(=O)OCC1c2ccccc2-c2ccccc21. The van der Waals surface area contributed by atoms with Crippen molar-refractivity contribution in [1.29, 1.82) is 0 Å². The lowest BCUT2D eigenvalue weighted by atomic mass is 9.98. The standard InChI is InChI=1S/C22H23NO5/c24-21(25)14-27-12-15-6-5-11-23(15)22(26)28-13-20-18-9-3-1-7-16(18)17-8-2-4-10-19(17)20/h1-4,7-10,15,20H,5-6,11-14H2,(H,24,25)/t15-/m0/s1. The highest BCUT2D eigenvalue weighted by Crippen LogP contribution is 2.44. The van der Waals surface area contributed by atoms with Crippen molar-refractivity contribution < 1.29 is 24.2 Å². The van der Waals surface area contributed by atoms with Crippen molar-refractivity contribution in [3.63, 3.8) is 0 Å². The number of rotatable bonds is 6. The number of fused-ring (bicyclic) bond motifs is 3. The second kappa shape index (κ2) is 8.02. The summed E-state index contributed by atoms with van der Waals surface area (Å²) in [5.74, 6) is -0.980. The van der Waals surface area contributed by atoms with Crippen molar-refractivity contribution >= 4 is 12.1 Å². The maximum atomic E-state index is 12.7. The van der Waals surface area contributed by atoms with Gasteiger partial charge in [0.05, 0.1) is 12.6 Å². The van der Waals surface area contributed by atoms with Crippen LogP contribution in [0.25, 0.3) is 11.1 Å². The molecule has 1 fully saturated rings. The second-order valence-electron chi connectivity index (χ2n) is 7.20. The van der Waals surface area contributed by atoms with Crippen LogP contribution in [0.1, 0.15) is 29.9 Å². The van der Waals surface area contributed by atoms with E-state index in [4.69, 9.17) is 14.6 Å². The fourth-order valence-corrected chi connectivity index (χ4v) is 4.21. The summed E-state index contributed by atoms with van der Waals surface area (Å²) < 4.78 is 10.9. The lowest BCUT2D eigenvalue weighted by molar-refractivity contribution is -0.142. The number of benzene rings is 2. The molecule has 0 aromatic heterocycles. The van der Waals surface area contributed by atoms with Gasteiger partial charge in [-0.05, 0) is 35.1 Å². The van der Waals surface area contributed by atoms with E-state index in [-0.39, 0.29) is 37.9 Å². The van der Waals surface area contributed by atoms with Gasteiger partial charge in [0, 0.05) is 12.5 Å². The molecule has 2 aromatic carbocycles. The molecule has 0 bridgehead atoms. The van der Waals surface area contributed by atoms with Crippen LogP contribution in [0.3, 0.4) is 0 Å². The molecule has 1 heterocycles. The number of hydrogen-bond acceptors (Lipinski definition) is 4. The number of carboxylic acid groups (broad SMARTS) is 1. The molecular formula is C22H23NO5. The van der Waals surface area contributed by atoms with Crippen LogP contribution in [-0.4, -0.2) is 54.5 Å². The Morgan fingerprint density at radius 3 is 2.29 bits per heavy atom. The molecule has 2 aromatic rings. The number of amides is 1. The fraction of sp³-hybridized carbons (Fsp3) is 0.364. The van der Waals surface area contributed by atoms with E-state index >= 15 is 0 Å². The zero-order valence-electron chi connectivity index (χ0n) is 15.5. The topological polar surface area (TPSA) is 76.1 Å². The largest absolute Gasteiger partial charge is 0.480 e. The minimum atomic E-state index is -1.01. The molecule has 0 radical (unpaired) electrons. The summed E-state index contributed by atoms with van der Waals surface area (Å²) in [6.07, 6.45) is 1.30. The van der Waals surface area contributed by atoms with Gasteiger partial charge in [0.1, 0.15) is 13.2 Å². The molecule has 1 atom stereocenters. The summed E-state index contributed by atoms with van der Waals surface area (Å²) in [5.41, 5.74) is 4.75. The van der Waals surface area contributed by atoms with Gasteiger partial charge in [-0.1, -0.05) is 48.5 Å². The van der Waals surface area contributed by atoms with E-state index in [0.717, 1.165) is 12.8 Å². The first kappa shape index (κ1) is 18.5. The zero-order valence-corrected chi connectivity index (χ0v) is 15.5. The number of nitrogens with zero attached hydrogens (tertiary/aromatic N) is 1. The summed E-state index contributed by atoms with van der Waals surface area (Å²) in [7, 11) is 0. The molecule has 1 amide bonds. The Morgan fingerprint density at radius 1 is 1.00 bits per heavy atom. The monoisotopic (exact) mass is 381 g/mol. The zero-order chi connectivity index (χ0) is 19.5. The molecule has 0 unspecified atom stereocenters. The molecule has 28 heavy (non-hydrogen) atoms. The number of ether oxygens (including phenoxy) is 2. The summed E-state index contributed by atoms with van der Waals surface area (Å²) in [4.78, 5) is 24.9. The Balaban J connectivity index is 1.41. The van der Waals surface area contributed by atoms with E-state index in [1.807, 2.05) is 24.3 Å². The molecule has 6 heteroatoms. The van der Waals surface area contributed by atoms with E-state index < -0.39 is 5.97 Å². The molecule has 146 valence electrons. The number of hydrogen-bond donors (Lipinski definition) is 1. The Bertz CT molecular complexity index is 835. The molecular weight excluding hydrogens is 358 g/mol. The highest BCUT2D eigenvalue weighted by atomic mass is 16.6. The Morgan fingerprint density at radius 2 is 1.64 bits per heavy atom. The van der Waals surface area contributed by atoms with Crippen molar-refractivity contribution in [2.75, 3.05) is 26.4 Å². The van der Waals surface area contributed by atoms with Crippen molar-refractivity contribution in [1.82, 2.24) is 4.90 Å². The predicted octanol–water partition coefficient (Wildman–Crippen LogP) is 3.50. The molecule has 1 aliphatic heterocycles. The summed E-state index contributed by atoms with van der Waals surface area (Å²) >= 11 is 0.